The van der Waals surface area contributed by atoms with Crippen LogP contribution in [0.3, 0.4) is 0 Å². The van der Waals surface area contributed by atoms with Gasteiger partial charge in [0.05, 0.1) is 12.2 Å². The van der Waals surface area contributed by atoms with Crippen LogP contribution >= 0.6 is 0 Å². The molecule has 0 heterocycles. The van der Waals surface area contributed by atoms with E-state index in [9.17, 15) is 13.8 Å². The van der Waals surface area contributed by atoms with Crippen molar-refractivity contribution >= 4 is 22.7 Å². The van der Waals surface area contributed by atoms with Crippen molar-refractivity contribution in [1.29, 1.82) is 0 Å². The monoisotopic (exact) mass is 342 g/mol. The predicted molar refractivity (Wildman–Crippen MR) is 86.8 cm³/mol. The molecule has 1 aromatic rings. The van der Waals surface area contributed by atoms with Crippen LogP contribution in [0.25, 0.3) is 0 Å². The van der Waals surface area contributed by atoms with E-state index >= 15 is 0 Å². The Hall–Kier alpha value is -1.73. The van der Waals surface area contributed by atoms with Gasteiger partial charge in [-0.2, -0.15) is 0 Å². The fourth-order valence-corrected chi connectivity index (χ4v) is 3.28. The third-order valence-corrected chi connectivity index (χ3v) is 4.92. The second-order valence-electron chi connectivity index (χ2n) is 4.79. The molecule has 0 aliphatic rings. The SMILES string of the molecule is CCOCCOC(=O)C(CC)S(=O)Cc1ccc(C(=O)O)cc1. The number of carbonyl (C=O) groups is 2. The third kappa shape index (κ3) is 6.50. The Labute approximate surface area is 138 Å². The van der Waals surface area contributed by atoms with E-state index in [-0.39, 0.29) is 17.9 Å². The number of hydrogen-bond acceptors (Lipinski definition) is 5. The van der Waals surface area contributed by atoms with Gasteiger partial charge in [0, 0.05) is 23.2 Å². The number of rotatable bonds is 10. The molecule has 128 valence electrons. The lowest BCUT2D eigenvalue weighted by atomic mass is 10.1. The van der Waals surface area contributed by atoms with Crippen LogP contribution in [0.4, 0.5) is 0 Å². The van der Waals surface area contributed by atoms with Crippen molar-refractivity contribution in [2.45, 2.75) is 31.3 Å². The van der Waals surface area contributed by atoms with E-state index in [1.807, 2.05) is 6.92 Å². The van der Waals surface area contributed by atoms with Gasteiger partial charge in [0.2, 0.25) is 0 Å². The minimum atomic E-state index is -1.43. The van der Waals surface area contributed by atoms with Crippen molar-refractivity contribution in [2.75, 3.05) is 19.8 Å². The summed E-state index contributed by atoms with van der Waals surface area (Å²) in [5.41, 5.74) is 0.885. The topological polar surface area (TPSA) is 89.9 Å². The first-order valence-corrected chi connectivity index (χ1v) is 8.81. The molecule has 7 heteroatoms. The van der Waals surface area contributed by atoms with Crippen LogP contribution in [0.2, 0.25) is 0 Å². The molecular formula is C16H22O6S. The second-order valence-corrected chi connectivity index (χ2v) is 6.41. The third-order valence-electron chi connectivity index (χ3n) is 3.14. The normalized spacial score (nSPS) is 13.3. The molecule has 0 spiro atoms. The fourth-order valence-electron chi connectivity index (χ4n) is 1.91. The van der Waals surface area contributed by atoms with E-state index in [1.54, 1.807) is 19.1 Å². The molecule has 0 aliphatic heterocycles. The molecule has 0 saturated heterocycles. The number of hydrogen-bond donors (Lipinski definition) is 1. The van der Waals surface area contributed by atoms with Crippen LogP contribution in [0.5, 0.6) is 0 Å². The minimum Gasteiger partial charge on any atom is -0.478 e. The Balaban J connectivity index is 2.58. The molecule has 1 aromatic carbocycles. The van der Waals surface area contributed by atoms with Gasteiger partial charge in [-0.05, 0) is 31.0 Å². The number of benzene rings is 1. The summed E-state index contributed by atoms with van der Waals surface area (Å²) in [5, 5.41) is 8.15. The van der Waals surface area contributed by atoms with Gasteiger partial charge < -0.3 is 14.6 Å². The van der Waals surface area contributed by atoms with Crippen LogP contribution in [0.15, 0.2) is 24.3 Å². The molecule has 2 atom stereocenters. The Morgan fingerprint density at radius 3 is 2.35 bits per heavy atom. The standard InChI is InChI=1S/C16H22O6S/c1-3-14(16(19)22-10-9-21-4-2)23(20)11-12-5-7-13(8-6-12)15(17)18/h5-8,14H,3-4,9-11H2,1-2H3,(H,17,18). The summed E-state index contributed by atoms with van der Waals surface area (Å²) in [6, 6.07) is 6.12. The highest BCUT2D eigenvalue weighted by Crippen LogP contribution is 2.13. The maximum Gasteiger partial charge on any atom is 0.335 e. The first-order valence-electron chi connectivity index (χ1n) is 7.43. The largest absolute Gasteiger partial charge is 0.478 e. The quantitative estimate of drug-likeness (QED) is 0.517. The number of carboxylic acids is 1. The van der Waals surface area contributed by atoms with Crippen LogP contribution < -0.4 is 0 Å². The number of carbonyl (C=O) groups excluding carboxylic acids is 1. The predicted octanol–water partition coefficient (Wildman–Crippen LogP) is 1.99. The van der Waals surface area contributed by atoms with E-state index in [0.29, 0.717) is 25.2 Å². The van der Waals surface area contributed by atoms with Gasteiger partial charge in [0.25, 0.3) is 0 Å². The Morgan fingerprint density at radius 2 is 1.83 bits per heavy atom. The zero-order valence-corrected chi connectivity index (χ0v) is 14.1. The Bertz CT molecular complexity index is 540. The van der Waals surface area contributed by atoms with Gasteiger partial charge in [0.15, 0.2) is 0 Å². The lowest BCUT2D eigenvalue weighted by Gasteiger charge is -2.14. The smallest absolute Gasteiger partial charge is 0.335 e. The molecule has 0 radical (unpaired) electrons. The molecule has 23 heavy (non-hydrogen) atoms. The minimum absolute atomic E-state index is 0.147. The molecule has 2 unspecified atom stereocenters. The summed E-state index contributed by atoms with van der Waals surface area (Å²) in [6.07, 6.45) is 0.410. The van der Waals surface area contributed by atoms with Gasteiger partial charge in [-0.15, -0.1) is 0 Å². The van der Waals surface area contributed by atoms with Gasteiger partial charge in [0.1, 0.15) is 11.9 Å². The van der Waals surface area contributed by atoms with Gasteiger partial charge in [-0.25, -0.2) is 4.79 Å². The highest BCUT2D eigenvalue weighted by Gasteiger charge is 2.25. The summed E-state index contributed by atoms with van der Waals surface area (Å²) in [6.45, 7) is 4.64. The zero-order chi connectivity index (χ0) is 17.2. The average molecular weight is 342 g/mol. The second kappa shape index (κ2) is 10.1. The van der Waals surface area contributed by atoms with E-state index in [1.165, 1.54) is 12.1 Å². The number of esters is 1. The van der Waals surface area contributed by atoms with E-state index in [2.05, 4.69) is 0 Å². The van der Waals surface area contributed by atoms with Crippen LogP contribution in [-0.4, -0.2) is 46.3 Å². The van der Waals surface area contributed by atoms with Crippen molar-refractivity contribution < 1.29 is 28.4 Å². The van der Waals surface area contributed by atoms with E-state index in [0.717, 1.165) is 0 Å². The summed E-state index contributed by atoms with van der Waals surface area (Å²) < 4.78 is 22.5. The summed E-state index contributed by atoms with van der Waals surface area (Å²) in [5.74, 6) is -1.33. The first kappa shape index (κ1) is 19.3. The van der Waals surface area contributed by atoms with E-state index < -0.39 is 28.0 Å². The lowest BCUT2D eigenvalue weighted by Crippen LogP contribution is -2.29. The van der Waals surface area contributed by atoms with Crippen molar-refractivity contribution in [2.24, 2.45) is 0 Å². The van der Waals surface area contributed by atoms with Gasteiger partial charge in [-0.1, -0.05) is 19.1 Å². The summed E-state index contributed by atoms with van der Waals surface area (Å²) in [7, 11) is -1.43. The molecule has 6 nitrogen and oxygen atoms in total. The molecule has 0 fully saturated rings. The Kier molecular flexibility index (Phi) is 8.50. The fraction of sp³-hybridized carbons (Fsp3) is 0.500. The average Bonchev–Trinajstić information content (AvgIpc) is 2.52. The molecular weight excluding hydrogens is 320 g/mol. The van der Waals surface area contributed by atoms with Crippen molar-refractivity contribution in [1.82, 2.24) is 0 Å². The molecule has 0 amide bonds. The lowest BCUT2D eigenvalue weighted by molar-refractivity contribution is -0.144. The molecule has 1 rings (SSSR count). The maximum atomic E-state index is 12.4. The Morgan fingerprint density at radius 1 is 1.17 bits per heavy atom. The highest BCUT2D eigenvalue weighted by atomic mass is 32.2. The molecule has 0 saturated carbocycles. The van der Waals surface area contributed by atoms with Crippen LogP contribution in [0, 0.1) is 0 Å². The number of ether oxygens (including phenoxy) is 2. The maximum absolute atomic E-state index is 12.4. The molecule has 1 N–H and O–H groups in total. The summed E-state index contributed by atoms with van der Waals surface area (Å²) >= 11 is 0. The van der Waals surface area contributed by atoms with E-state index in [4.69, 9.17) is 14.6 Å². The zero-order valence-electron chi connectivity index (χ0n) is 13.3. The number of carboxylic acid groups (broad SMARTS) is 1. The van der Waals surface area contributed by atoms with Crippen LogP contribution in [-0.2, 0) is 30.8 Å². The van der Waals surface area contributed by atoms with Gasteiger partial charge in [-0.3, -0.25) is 9.00 Å². The molecule has 0 aromatic heterocycles. The molecule has 0 bridgehead atoms. The van der Waals surface area contributed by atoms with Crippen molar-refractivity contribution in [3.63, 3.8) is 0 Å². The van der Waals surface area contributed by atoms with Gasteiger partial charge >= 0.3 is 11.9 Å². The first-order chi connectivity index (χ1) is 11.0. The number of aromatic carboxylic acids is 1. The van der Waals surface area contributed by atoms with Crippen LogP contribution in [0.1, 0.15) is 36.2 Å². The van der Waals surface area contributed by atoms with Crippen molar-refractivity contribution in [3.05, 3.63) is 35.4 Å². The molecule has 0 aliphatic carbocycles. The van der Waals surface area contributed by atoms with Crippen molar-refractivity contribution in [3.8, 4) is 0 Å². The summed E-state index contributed by atoms with van der Waals surface area (Å²) in [4.78, 5) is 22.8. The highest BCUT2D eigenvalue weighted by molar-refractivity contribution is 7.85.